The molecule has 1 aliphatic heterocycles. The Labute approximate surface area is 86.0 Å². The summed E-state index contributed by atoms with van der Waals surface area (Å²) in [6.07, 6.45) is -0.653. The first-order valence-corrected chi connectivity index (χ1v) is 4.55. The van der Waals surface area contributed by atoms with Gasteiger partial charge >= 0.3 is 0 Å². The molecule has 1 rings (SSSR count). The smallest absolute Gasteiger partial charge is 0.248 e. The topological polar surface area (TPSA) is 122 Å². The molecule has 7 heteroatoms. The molecule has 15 heavy (non-hydrogen) atoms. The second kappa shape index (κ2) is 4.74. The Hall–Kier alpha value is -1.63. The van der Waals surface area contributed by atoms with E-state index in [1.807, 2.05) is 0 Å². The number of hydrogen-bond donors (Lipinski definition) is 4. The molecule has 0 aliphatic carbocycles. The highest BCUT2D eigenvalue weighted by atomic mass is 16.3. The lowest BCUT2D eigenvalue weighted by Gasteiger charge is -2.12. The lowest BCUT2D eigenvalue weighted by molar-refractivity contribution is -0.128. The number of nitrogens with one attached hydrogen (secondary N) is 2. The van der Waals surface area contributed by atoms with Gasteiger partial charge in [-0.1, -0.05) is 0 Å². The molecule has 0 saturated carbocycles. The van der Waals surface area contributed by atoms with Crippen molar-refractivity contribution >= 4 is 17.7 Å². The zero-order valence-electron chi connectivity index (χ0n) is 8.03. The van der Waals surface area contributed by atoms with Gasteiger partial charge in [0.2, 0.25) is 17.7 Å². The van der Waals surface area contributed by atoms with E-state index in [0.29, 0.717) is 12.8 Å². The number of aliphatic hydroxyl groups excluding tert-OH is 1. The van der Waals surface area contributed by atoms with E-state index in [1.165, 1.54) is 0 Å². The Morgan fingerprint density at radius 2 is 2.33 bits per heavy atom. The van der Waals surface area contributed by atoms with Crippen LogP contribution in [0.25, 0.3) is 0 Å². The highest BCUT2D eigenvalue weighted by molar-refractivity contribution is 5.91. The number of rotatable bonds is 4. The number of carbonyl (C=O) groups excluding carboxylic acids is 3. The summed E-state index contributed by atoms with van der Waals surface area (Å²) in [4.78, 5) is 32.6. The first-order valence-electron chi connectivity index (χ1n) is 4.55. The standard InChI is InChI=1S/C8H13N3O4/c9-7(14)5(12)3-10-8(15)4-1-2-6(13)11-4/h4-5,12H,1-3H2,(H2,9,14)(H,10,15)(H,11,13)/t4-,5?/m1/s1. The third kappa shape index (κ3) is 3.21. The summed E-state index contributed by atoms with van der Waals surface area (Å²) in [6.45, 7) is -0.236. The lowest BCUT2D eigenvalue weighted by atomic mass is 10.2. The van der Waals surface area contributed by atoms with E-state index in [0.717, 1.165) is 0 Å². The van der Waals surface area contributed by atoms with Crippen molar-refractivity contribution in [3.63, 3.8) is 0 Å². The normalized spacial score (nSPS) is 21.9. The second-order valence-electron chi connectivity index (χ2n) is 3.32. The molecule has 0 aromatic heterocycles. The summed E-state index contributed by atoms with van der Waals surface area (Å²) in [5, 5.41) is 13.8. The zero-order chi connectivity index (χ0) is 11.4. The molecular weight excluding hydrogens is 202 g/mol. The van der Waals surface area contributed by atoms with Crippen LogP contribution >= 0.6 is 0 Å². The van der Waals surface area contributed by atoms with Crippen molar-refractivity contribution in [3.05, 3.63) is 0 Å². The lowest BCUT2D eigenvalue weighted by Crippen LogP contribution is -2.46. The van der Waals surface area contributed by atoms with Crippen LogP contribution < -0.4 is 16.4 Å². The molecule has 2 atom stereocenters. The summed E-state index contributed by atoms with van der Waals surface area (Å²) < 4.78 is 0. The van der Waals surface area contributed by atoms with E-state index in [1.54, 1.807) is 0 Å². The van der Waals surface area contributed by atoms with Crippen LogP contribution in [0.1, 0.15) is 12.8 Å². The minimum absolute atomic E-state index is 0.175. The van der Waals surface area contributed by atoms with Crippen LogP contribution in [-0.4, -0.2) is 41.5 Å². The average Bonchev–Trinajstić information content (AvgIpc) is 2.60. The minimum atomic E-state index is -1.40. The van der Waals surface area contributed by atoms with E-state index >= 15 is 0 Å². The van der Waals surface area contributed by atoms with Gasteiger partial charge in [0.15, 0.2) is 0 Å². The molecule has 0 aromatic carbocycles. The molecule has 1 unspecified atom stereocenters. The van der Waals surface area contributed by atoms with Gasteiger partial charge in [0.05, 0.1) is 6.54 Å². The molecule has 1 saturated heterocycles. The fraction of sp³-hybridized carbons (Fsp3) is 0.625. The third-order valence-corrected chi connectivity index (χ3v) is 2.11. The maximum Gasteiger partial charge on any atom is 0.248 e. The van der Waals surface area contributed by atoms with Crippen molar-refractivity contribution in [3.8, 4) is 0 Å². The summed E-state index contributed by atoms with van der Waals surface area (Å²) in [5.41, 5.74) is 4.79. The predicted octanol–water partition coefficient (Wildman–Crippen LogP) is -2.77. The van der Waals surface area contributed by atoms with Crippen molar-refractivity contribution in [2.45, 2.75) is 25.0 Å². The van der Waals surface area contributed by atoms with Crippen LogP contribution in [0.3, 0.4) is 0 Å². The molecule has 1 aliphatic rings. The van der Waals surface area contributed by atoms with Gasteiger partial charge in [-0.3, -0.25) is 14.4 Å². The van der Waals surface area contributed by atoms with E-state index in [-0.39, 0.29) is 12.5 Å². The van der Waals surface area contributed by atoms with Gasteiger partial charge in [-0.2, -0.15) is 0 Å². The maximum atomic E-state index is 11.3. The SMILES string of the molecule is NC(=O)C(O)CNC(=O)[C@H]1CCC(=O)N1. The quantitative estimate of drug-likeness (QED) is 0.405. The van der Waals surface area contributed by atoms with Crippen molar-refractivity contribution in [1.29, 1.82) is 0 Å². The first-order chi connectivity index (χ1) is 7.00. The molecule has 3 amide bonds. The van der Waals surface area contributed by atoms with Gasteiger partial charge in [-0.25, -0.2) is 0 Å². The maximum absolute atomic E-state index is 11.3. The third-order valence-electron chi connectivity index (χ3n) is 2.11. The van der Waals surface area contributed by atoms with Crippen LogP contribution in [-0.2, 0) is 14.4 Å². The van der Waals surface area contributed by atoms with Crippen molar-refractivity contribution in [2.75, 3.05) is 6.54 Å². The number of primary amides is 1. The van der Waals surface area contributed by atoms with Gasteiger partial charge in [-0.15, -0.1) is 0 Å². The summed E-state index contributed by atoms with van der Waals surface area (Å²) in [5.74, 6) is -1.49. The molecule has 0 spiro atoms. The van der Waals surface area contributed by atoms with Crippen LogP contribution in [0.5, 0.6) is 0 Å². The van der Waals surface area contributed by atoms with Gasteiger partial charge in [-0.05, 0) is 6.42 Å². The molecule has 0 bridgehead atoms. The van der Waals surface area contributed by atoms with E-state index in [9.17, 15) is 14.4 Å². The van der Waals surface area contributed by atoms with Crippen molar-refractivity contribution in [2.24, 2.45) is 5.73 Å². The molecule has 5 N–H and O–H groups in total. The Morgan fingerprint density at radius 3 is 2.80 bits per heavy atom. The Kier molecular flexibility index (Phi) is 3.62. The molecular formula is C8H13N3O4. The Morgan fingerprint density at radius 1 is 1.67 bits per heavy atom. The highest BCUT2D eigenvalue weighted by Gasteiger charge is 2.27. The van der Waals surface area contributed by atoms with Crippen LogP contribution in [0.4, 0.5) is 0 Å². The van der Waals surface area contributed by atoms with E-state index in [4.69, 9.17) is 10.8 Å². The average molecular weight is 215 g/mol. The first kappa shape index (κ1) is 11.4. The summed E-state index contributed by atoms with van der Waals surface area (Å²) >= 11 is 0. The predicted molar refractivity (Wildman–Crippen MR) is 49.4 cm³/mol. The van der Waals surface area contributed by atoms with Crippen molar-refractivity contribution < 1.29 is 19.5 Å². The fourth-order valence-corrected chi connectivity index (χ4v) is 1.23. The molecule has 1 heterocycles. The summed E-state index contributed by atoms with van der Waals surface area (Å²) in [6, 6.07) is -0.572. The Balaban J connectivity index is 2.30. The molecule has 84 valence electrons. The van der Waals surface area contributed by atoms with E-state index < -0.39 is 24.0 Å². The zero-order valence-corrected chi connectivity index (χ0v) is 8.03. The Bertz CT molecular complexity index is 292. The minimum Gasteiger partial charge on any atom is -0.381 e. The van der Waals surface area contributed by atoms with Gasteiger partial charge in [0.1, 0.15) is 12.1 Å². The van der Waals surface area contributed by atoms with Crippen molar-refractivity contribution in [1.82, 2.24) is 10.6 Å². The number of carbonyl (C=O) groups is 3. The highest BCUT2D eigenvalue weighted by Crippen LogP contribution is 2.05. The fourth-order valence-electron chi connectivity index (χ4n) is 1.23. The number of amides is 3. The van der Waals surface area contributed by atoms with Crippen LogP contribution in [0, 0.1) is 0 Å². The number of aliphatic hydroxyl groups is 1. The molecule has 7 nitrogen and oxygen atoms in total. The molecule has 1 fully saturated rings. The van der Waals surface area contributed by atoms with Crippen LogP contribution in [0.15, 0.2) is 0 Å². The van der Waals surface area contributed by atoms with E-state index in [2.05, 4.69) is 10.6 Å². The van der Waals surface area contributed by atoms with Gasteiger partial charge < -0.3 is 21.5 Å². The summed E-state index contributed by atoms with van der Waals surface area (Å²) in [7, 11) is 0. The second-order valence-corrected chi connectivity index (χ2v) is 3.32. The number of hydrogen-bond acceptors (Lipinski definition) is 4. The largest absolute Gasteiger partial charge is 0.381 e. The van der Waals surface area contributed by atoms with Gasteiger partial charge in [0.25, 0.3) is 0 Å². The molecule has 0 radical (unpaired) electrons. The number of nitrogens with two attached hydrogens (primary N) is 1. The molecule has 0 aromatic rings. The van der Waals surface area contributed by atoms with Crippen LogP contribution in [0.2, 0.25) is 0 Å². The monoisotopic (exact) mass is 215 g/mol. The van der Waals surface area contributed by atoms with Gasteiger partial charge in [0, 0.05) is 6.42 Å².